The van der Waals surface area contributed by atoms with Gasteiger partial charge in [0.25, 0.3) is 0 Å². The van der Waals surface area contributed by atoms with Crippen LogP contribution in [-0.4, -0.2) is 29.2 Å². The Balaban J connectivity index is 2.08. The predicted octanol–water partition coefficient (Wildman–Crippen LogP) is 2.54. The molecule has 0 saturated carbocycles. The lowest BCUT2D eigenvalue weighted by Gasteiger charge is -2.12. The van der Waals surface area contributed by atoms with E-state index in [9.17, 15) is 4.39 Å². The lowest BCUT2D eigenvalue weighted by atomic mass is 10.3. The third kappa shape index (κ3) is 2.94. The average Bonchev–Trinajstić information content (AvgIpc) is 2.67. The zero-order chi connectivity index (χ0) is 12.3. The Morgan fingerprint density at radius 1 is 1.53 bits per heavy atom. The Kier molecular flexibility index (Phi) is 3.58. The second-order valence-electron chi connectivity index (χ2n) is 3.95. The highest BCUT2D eigenvalue weighted by molar-refractivity contribution is 5.77. The molecule has 1 aromatic heterocycles. The van der Waals surface area contributed by atoms with Crippen LogP contribution in [0.1, 0.15) is 13.8 Å². The zero-order valence-electron chi connectivity index (χ0n) is 9.96. The van der Waals surface area contributed by atoms with Crippen molar-refractivity contribution < 1.29 is 9.13 Å². The third-order valence-electron chi connectivity index (χ3n) is 2.40. The number of fused-ring (bicyclic) bond motifs is 1. The van der Waals surface area contributed by atoms with Gasteiger partial charge in [-0.25, -0.2) is 9.37 Å². The summed E-state index contributed by atoms with van der Waals surface area (Å²) >= 11 is 0. The minimum Gasteiger partial charge on any atom is -0.380 e. The Labute approximate surface area is 99.2 Å². The Morgan fingerprint density at radius 3 is 3.12 bits per heavy atom. The molecule has 0 fully saturated rings. The standard InChI is InChI=1S/C12H16FN3O/c1-3-17-7-8(2)14-12-15-10-5-4-9(13)6-11(10)16-12/h4-6,8H,3,7H2,1-2H3,(H2,14,15,16). The molecular formula is C12H16FN3O. The van der Waals surface area contributed by atoms with Gasteiger partial charge < -0.3 is 15.0 Å². The van der Waals surface area contributed by atoms with Crippen molar-refractivity contribution in [3.63, 3.8) is 0 Å². The molecule has 1 aromatic carbocycles. The molecular weight excluding hydrogens is 221 g/mol. The van der Waals surface area contributed by atoms with Gasteiger partial charge in [-0.1, -0.05) is 0 Å². The predicted molar refractivity (Wildman–Crippen MR) is 65.6 cm³/mol. The van der Waals surface area contributed by atoms with Crippen molar-refractivity contribution in [2.45, 2.75) is 19.9 Å². The van der Waals surface area contributed by atoms with Crippen molar-refractivity contribution in [2.75, 3.05) is 18.5 Å². The van der Waals surface area contributed by atoms with Gasteiger partial charge in [0.1, 0.15) is 5.82 Å². The molecule has 1 atom stereocenters. The topological polar surface area (TPSA) is 49.9 Å². The van der Waals surface area contributed by atoms with Gasteiger partial charge in [-0.3, -0.25) is 0 Å². The van der Waals surface area contributed by atoms with E-state index in [4.69, 9.17) is 4.74 Å². The molecule has 92 valence electrons. The Bertz CT molecular complexity index is 497. The van der Waals surface area contributed by atoms with Gasteiger partial charge in [0.05, 0.1) is 17.6 Å². The van der Waals surface area contributed by atoms with E-state index in [1.165, 1.54) is 12.1 Å². The average molecular weight is 237 g/mol. The summed E-state index contributed by atoms with van der Waals surface area (Å²) in [6, 6.07) is 4.64. The fraction of sp³-hybridized carbons (Fsp3) is 0.417. The van der Waals surface area contributed by atoms with Gasteiger partial charge in [0, 0.05) is 12.6 Å². The number of aromatic amines is 1. The smallest absolute Gasteiger partial charge is 0.201 e. The minimum absolute atomic E-state index is 0.153. The molecule has 1 heterocycles. The van der Waals surface area contributed by atoms with E-state index in [0.717, 1.165) is 5.52 Å². The van der Waals surface area contributed by atoms with Crippen LogP contribution >= 0.6 is 0 Å². The molecule has 0 amide bonds. The van der Waals surface area contributed by atoms with Gasteiger partial charge >= 0.3 is 0 Å². The van der Waals surface area contributed by atoms with Crippen molar-refractivity contribution in [3.05, 3.63) is 24.0 Å². The number of ether oxygens (including phenoxy) is 1. The highest BCUT2D eigenvalue weighted by Crippen LogP contribution is 2.15. The molecule has 4 nitrogen and oxygen atoms in total. The van der Waals surface area contributed by atoms with E-state index in [0.29, 0.717) is 24.7 Å². The van der Waals surface area contributed by atoms with Crippen LogP contribution in [0.5, 0.6) is 0 Å². The van der Waals surface area contributed by atoms with E-state index >= 15 is 0 Å². The Hall–Kier alpha value is -1.62. The molecule has 0 spiro atoms. The van der Waals surface area contributed by atoms with Crippen molar-refractivity contribution in [1.29, 1.82) is 0 Å². The highest BCUT2D eigenvalue weighted by atomic mass is 19.1. The van der Waals surface area contributed by atoms with E-state index in [-0.39, 0.29) is 11.9 Å². The summed E-state index contributed by atoms with van der Waals surface area (Å²) in [4.78, 5) is 7.34. The maximum atomic E-state index is 13.0. The number of hydrogen-bond acceptors (Lipinski definition) is 3. The summed E-state index contributed by atoms with van der Waals surface area (Å²) in [5.41, 5.74) is 1.44. The molecule has 17 heavy (non-hydrogen) atoms. The summed E-state index contributed by atoms with van der Waals surface area (Å²) in [5, 5.41) is 3.17. The van der Waals surface area contributed by atoms with E-state index in [1.807, 2.05) is 13.8 Å². The fourth-order valence-corrected chi connectivity index (χ4v) is 1.62. The number of benzene rings is 1. The monoisotopic (exact) mass is 237 g/mol. The lowest BCUT2D eigenvalue weighted by Crippen LogP contribution is -2.22. The van der Waals surface area contributed by atoms with Gasteiger partial charge in [-0.2, -0.15) is 0 Å². The van der Waals surface area contributed by atoms with Crippen LogP contribution in [0.15, 0.2) is 18.2 Å². The summed E-state index contributed by atoms with van der Waals surface area (Å²) in [7, 11) is 0. The molecule has 0 bridgehead atoms. The van der Waals surface area contributed by atoms with E-state index < -0.39 is 0 Å². The number of H-pyrrole nitrogens is 1. The van der Waals surface area contributed by atoms with E-state index in [2.05, 4.69) is 15.3 Å². The number of hydrogen-bond donors (Lipinski definition) is 2. The number of imidazole rings is 1. The molecule has 2 rings (SSSR count). The summed E-state index contributed by atoms with van der Waals surface area (Å²) in [6.45, 7) is 5.26. The highest BCUT2D eigenvalue weighted by Gasteiger charge is 2.06. The maximum absolute atomic E-state index is 13.0. The van der Waals surface area contributed by atoms with Crippen LogP contribution in [0.25, 0.3) is 11.0 Å². The van der Waals surface area contributed by atoms with Crippen molar-refractivity contribution in [1.82, 2.24) is 9.97 Å². The number of nitrogens with zero attached hydrogens (tertiary/aromatic N) is 1. The molecule has 0 radical (unpaired) electrons. The first kappa shape index (κ1) is 11.9. The van der Waals surface area contributed by atoms with Crippen LogP contribution < -0.4 is 5.32 Å². The SMILES string of the molecule is CCOCC(C)Nc1nc2ccc(F)cc2[nH]1. The third-order valence-corrected chi connectivity index (χ3v) is 2.40. The minimum atomic E-state index is -0.268. The first-order valence-corrected chi connectivity index (χ1v) is 5.68. The number of anilines is 1. The molecule has 0 aliphatic rings. The lowest BCUT2D eigenvalue weighted by molar-refractivity contribution is 0.141. The van der Waals surface area contributed by atoms with Gasteiger partial charge in [0.2, 0.25) is 5.95 Å². The summed E-state index contributed by atoms with van der Waals surface area (Å²) in [5.74, 6) is 0.368. The van der Waals surface area contributed by atoms with E-state index in [1.54, 1.807) is 6.07 Å². The number of rotatable bonds is 5. The summed E-state index contributed by atoms with van der Waals surface area (Å²) < 4.78 is 18.3. The zero-order valence-corrected chi connectivity index (χ0v) is 9.96. The number of nitrogens with one attached hydrogen (secondary N) is 2. The molecule has 0 aliphatic carbocycles. The first-order chi connectivity index (χ1) is 8.19. The second-order valence-corrected chi connectivity index (χ2v) is 3.95. The molecule has 5 heteroatoms. The quantitative estimate of drug-likeness (QED) is 0.840. The number of halogens is 1. The molecule has 2 N–H and O–H groups in total. The first-order valence-electron chi connectivity index (χ1n) is 5.68. The van der Waals surface area contributed by atoms with Crippen LogP contribution in [0.3, 0.4) is 0 Å². The summed E-state index contributed by atoms with van der Waals surface area (Å²) in [6.07, 6.45) is 0. The second kappa shape index (κ2) is 5.14. The van der Waals surface area contributed by atoms with Crippen molar-refractivity contribution in [2.24, 2.45) is 0 Å². The van der Waals surface area contributed by atoms with Crippen LogP contribution in [-0.2, 0) is 4.74 Å². The molecule has 0 saturated heterocycles. The largest absolute Gasteiger partial charge is 0.380 e. The molecule has 2 aromatic rings. The van der Waals surface area contributed by atoms with Crippen LogP contribution in [0.2, 0.25) is 0 Å². The van der Waals surface area contributed by atoms with Gasteiger partial charge in [-0.15, -0.1) is 0 Å². The maximum Gasteiger partial charge on any atom is 0.201 e. The van der Waals surface area contributed by atoms with Crippen molar-refractivity contribution in [3.8, 4) is 0 Å². The number of aromatic nitrogens is 2. The van der Waals surface area contributed by atoms with Crippen LogP contribution in [0.4, 0.5) is 10.3 Å². The fourth-order valence-electron chi connectivity index (χ4n) is 1.62. The van der Waals surface area contributed by atoms with Crippen molar-refractivity contribution >= 4 is 17.0 Å². The van der Waals surface area contributed by atoms with Gasteiger partial charge in [-0.05, 0) is 32.0 Å². The Morgan fingerprint density at radius 2 is 2.35 bits per heavy atom. The van der Waals surface area contributed by atoms with Gasteiger partial charge in [0.15, 0.2) is 0 Å². The molecule has 1 unspecified atom stereocenters. The van der Waals surface area contributed by atoms with Crippen LogP contribution in [0, 0.1) is 5.82 Å². The normalized spacial score (nSPS) is 12.9. The molecule has 0 aliphatic heterocycles.